The Morgan fingerprint density at radius 3 is 2.35 bits per heavy atom. The first-order valence-electron chi connectivity index (χ1n) is 7.58. The zero-order valence-corrected chi connectivity index (χ0v) is 15.2. The van der Waals surface area contributed by atoms with Crippen LogP contribution < -0.4 is 10.5 Å². The first kappa shape index (κ1) is 18.2. The first-order valence-corrected chi connectivity index (χ1v) is 9.70. The Hall–Kier alpha value is -1.18. The summed E-state index contributed by atoms with van der Waals surface area (Å²) < 4.78 is 35.8. The lowest BCUT2D eigenvalue weighted by atomic mass is 10.00. The number of thiocarbonyl (C=S) groups is 1. The Labute approximate surface area is 143 Å². The van der Waals surface area contributed by atoms with Crippen molar-refractivity contribution < 1.29 is 17.9 Å². The van der Waals surface area contributed by atoms with E-state index in [1.54, 1.807) is 14.0 Å². The fourth-order valence-electron chi connectivity index (χ4n) is 3.20. The molecule has 7 heteroatoms. The van der Waals surface area contributed by atoms with E-state index in [2.05, 4.69) is 0 Å². The Morgan fingerprint density at radius 1 is 1.30 bits per heavy atom. The molecular formula is C16H23NO4S2. The van der Waals surface area contributed by atoms with Gasteiger partial charge in [-0.05, 0) is 24.6 Å². The highest BCUT2D eigenvalue weighted by atomic mass is 32.2. The summed E-state index contributed by atoms with van der Waals surface area (Å²) in [4.78, 5) is 0.203. The number of hydrogen-bond acceptors (Lipinski definition) is 5. The summed E-state index contributed by atoms with van der Waals surface area (Å²) in [6.07, 6.45) is 0. The Kier molecular flexibility index (Phi) is 5.33. The number of rotatable bonds is 8. The van der Waals surface area contributed by atoms with Crippen LogP contribution in [0, 0.1) is 5.41 Å². The number of benzene rings is 1. The lowest BCUT2D eigenvalue weighted by Crippen LogP contribution is -2.34. The lowest BCUT2D eigenvalue weighted by molar-refractivity contribution is 0.121. The molecule has 1 fully saturated rings. The average Bonchev–Trinajstić information content (AvgIpc) is 3.24. The van der Waals surface area contributed by atoms with Gasteiger partial charge < -0.3 is 15.2 Å². The number of hydrogen-bond donors (Lipinski definition) is 1. The summed E-state index contributed by atoms with van der Waals surface area (Å²) in [7, 11) is -1.71. The van der Waals surface area contributed by atoms with Crippen LogP contribution in [0.1, 0.15) is 25.3 Å². The topological polar surface area (TPSA) is 78.6 Å². The molecular weight excluding hydrogens is 334 g/mol. The Bertz CT molecular complexity index is 672. The zero-order valence-electron chi connectivity index (χ0n) is 13.6. The maximum atomic E-state index is 12.6. The molecule has 0 saturated heterocycles. The molecule has 0 amide bonds. The van der Waals surface area contributed by atoms with E-state index in [1.807, 2.05) is 31.2 Å². The van der Waals surface area contributed by atoms with Crippen molar-refractivity contribution in [3.63, 3.8) is 0 Å². The molecule has 1 aromatic carbocycles. The van der Waals surface area contributed by atoms with Crippen LogP contribution in [0.3, 0.4) is 0 Å². The maximum Gasteiger partial charge on any atom is 0.154 e. The third kappa shape index (κ3) is 3.09. The van der Waals surface area contributed by atoms with Gasteiger partial charge in [-0.2, -0.15) is 0 Å². The number of nitrogens with two attached hydrogens (primary N) is 1. The van der Waals surface area contributed by atoms with Crippen molar-refractivity contribution in [3.05, 3.63) is 29.8 Å². The van der Waals surface area contributed by atoms with Crippen molar-refractivity contribution in [2.75, 3.05) is 26.1 Å². The predicted molar refractivity (Wildman–Crippen MR) is 94.7 cm³/mol. The molecule has 0 radical (unpaired) electrons. The molecule has 0 bridgehead atoms. The van der Waals surface area contributed by atoms with Crippen molar-refractivity contribution in [1.82, 2.24) is 0 Å². The van der Waals surface area contributed by atoms with Crippen LogP contribution in [0.15, 0.2) is 24.3 Å². The van der Waals surface area contributed by atoms with Gasteiger partial charge in [0.15, 0.2) is 9.84 Å². The molecule has 1 aromatic rings. The van der Waals surface area contributed by atoms with E-state index in [9.17, 15) is 8.42 Å². The second-order valence-electron chi connectivity index (χ2n) is 5.66. The molecule has 23 heavy (non-hydrogen) atoms. The molecule has 0 aliphatic heterocycles. The van der Waals surface area contributed by atoms with E-state index in [-0.39, 0.29) is 23.3 Å². The molecule has 1 saturated carbocycles. The second-order valence-corrected chi connectivity index (χ2v) is 8.52. The Balaban J connectivity index is 2.46. The van der Waals surface area contributed by atoms with Crippen LogP contribution in [0.2, 0.25) is 0 Å². The molecule has 2 N–H and O–H groups in total. The highest BCUT2D eigenvalue weighted by Crippen LogP contribution is 2.63. The summed E-state index contributed by atoms with van der Waals surface area (Å²) in [6, 6.07) is 7.36. The molecule has 2 rings (SSSR count). The van der Waals surface area contributed by atoms with Crippen molar-refractivity contribution in [1.29, 1.82) is 0 Å². The van der Waals surface area contributed by atoms with Gasteiger partial charge in [0.05, 0.1) is 29.4 Å². The third-order valence-corrected chi connectivity index (χ3v) is 7.18. The molecule has 128 valence electrons. The summed E-state index contributed by atoms with van der Waals surface area (Å²) in [5, 5.41) is -0.627. The minimum absolute atomic E-state index is 0.0564. The van der Waals surface area contributed by atoms with E-state index >= 15 is 0 Å². The maximum absolute atomic E-state index is 12.6. The van der Waals surface area contributed by atoms with E-state index in [0.29, 0.717) is 6.61 Å². The first-order chi connectivity index (χ1) is 10.8. The van der Waals surface area contributed by atoms with Crippen molar-refractivity contribution in [3.8, 4) is 5.75 Å². The fourth-order valence-corrected chi connectivity index (χ4v) is 5.67. The van der Waals surface area contributed by atoms with E-state index in [4.69, 9.17) is 27.4 Å². The molecule has 1 aliphatic rings. The molecule has 0 unspecified atom stereocenters. The SMILES string of the molecule is CCOC[C@]1(C(N)=S)[C@H](c2ccc(OC)cc2)[C@@H]1S(=O)(=O)CC. The van der Waals surface area contributed by atoms with Crippen LogP contribution in [0.25, 0.3) is 0 Å². The van der Waals surface area contributed by atoms with Crippen LogP contribution in [0.5, 0.6) is 5.75 Å². The normalized spacial score (nSPS) is 26.7. The van der Waals surface area contributed by atoms with Gasteiger partial charge in [0, 0.05) is 18.3 Å². The fraction of sp³-hybridized carbons (Fsp3) is 0.562. The average molecular weight is 357 g/mol. The van der Waals surface area contributed by atoms with Crippen molar-refractivity contribution in [2.45, 2.75) is 25.0 Å². The van der Waals surface area contributed by atoms with Gasteiger partial charge in [-0.1, -0.05) is 31.3 Å². The van der Waals surface area contributed by atoms with Gasteiger partial charge >= 0.3 is 0 Å². The van der Waals surface area contributed by atoms with E-state index in [1.165, 1.54) is 0 Å². The minimum Gasteiger partial charge on any atom is -0.497 e. The smallest absolute Gasteiger partial charge is 0.154 e. The monoisotopic (exact) mass is 357 g/mol. The zero-order chi connectivity index (χ0) is 17.3. The van der Waals surface area contributed by atoms with Gasteiger partial charge in [0.1, 0.15) is 5.75 Å². The quantitative estimate of drug-likeness (QED) is 0.716. The number of sulfone groups is 1. The lowest BCUT2D eigenvalue weighted by Gasteiger charge is -2.16. The van der Waals surface area contributed by atoms with Gasteiger partial charge in [0.2, 0.25) is 0 Å². The summed E-state index contributed by atoms with van der Waals surface area (Å²) >= 11 is 5.24. The Morgan fingerprint density at radius 2 is 1.91 bits per heavy atom. The van der Waals surface area contributed by atoms with Gasteiger partial charge in [0.25, 0.3) is 0 Å². The molecule has 1 aliphatic carbocycles. The van der Waals surface area contributed by atoms with Crippen LogP contribution in [-0.2, 0) is 14.6 Å². The molecule has 0 spiro atoms. The van der Waals surface area contributed by atoms with E-state index < -0.39 is 20.5 Å². The van der Waals surface area contributed by atoms with Crippen LogP contribution in [-0.4, -0.2) is 44.7 Å². The molecule has 3 atom stereocenters. The van der Waals surface area contributed by atoms with Crippen LogP contribution in [0.4, 0.5) is 0 Å². The highest BCUT2D eigenvalue weighted by Gasteiger charge is 2.72. The van der Waals surface area contributed by atoms with Gasteiger partial charge in [-0.25, -0.2) is 8.42 Å². The van der Waals surface area contributed by atoms with Crippen molar-refractivity contribution >= 4 is 27.0 Å². The minimum atomic E-state index is -3.30. The third-order valence-electron chi connectivity index (χ3n) is 4.52. The van der Waals surface area contributed by atoms with Gasteiger partial charge in [-0.15, -0.1) is 0 Å². The standard InChI is InChI=1S/C16H23NO4S2/c1-4-21-10-16(15(17)22)13(14(16)23(18,19)5-2)11-6-8-12(20-3)9-7-11/h6-9,13-14H,4-5,10H2,1-3H3,(H2,17,22)/t13-,14+,16+/m1/s1. The predicted octanol–water partition coefficient (Wildman–Crippen LogP) is 1.90. The van der Waals surface area contributed by atoms with Crippen molar-refractivity contribution in [2.24, 2.45) is 11.1 Å². The molecule has 0 heterocycles. The largest absolute Gasteiger partial charge is 0.497 e. The highest BCUT2D eigenvalue weighted by molar-refractivity contribution is 7.92. The number of methoxy groups -OCH3 is 1. The number of ether oxygens (including phenoxy) is 2. The molecule has 5 nitrogen and oxygen atoms in total. The summed E-state index contributed by atoms with van der Waals surface area (Å²) in [6.45, 7) is 4.21. The second kappa shape index (κ2) is 6.75. The summed E-state index contributed by atoms with van der Waals surface area (Å²) in [5.74, 6) is 0.498. The van der Waals surface area contributed by atoms with E-state index in [0.717, 1.165) is 11.3 Å². The molecule has 0 aromatic heterocycles. The van der Waals surface area contributed by atoms with Crippen LogP contribution >= 0.6 is 12.2 Å². The van der Waals surface area contributed by atoms with Gasteiger partial charge in [-0.3, -0.25) is 0 Å². The summed E-state index contributed by atoms with van der Waals surface area (Å²) in [5.41, 5.74) is 6.03.